The molecule has 0 saturated heterocycles. The maximum Gasteiger partial charge on any atom is 0.162 e. The van der Waals surface area contributed by atoms with Crippen LogP contribution in [0.2, 0.25) is 0 Å². The van der Waals surface area contributed by atoms with Gasteiger partial charge in [0.25, 0.3) is 0 Å². The number of methoxy groups -OCH3 is 2. The van der Waals surface area contributed by atoms with Gasteiger partial charge in [0.1, 0.15) is 6.33 Å². The van der Waals surface area contributed by atoms with Gasteiger partial charge < -0.3 is 9.47 Å². The van der Waals surface area contributed by atoms with Crippen molar-refractivity contribution in [2.45, 2.75) is 0 Å². The number of aromatic nitrogens is 4. The second-order valence-corrected chi connectivity index (χ2v) is 2.79. The van der Waals surface area contributed by atoms with E-state index in [0.29, 0.717) is 11.5 Å². The zero-order valence-corrected chi connectivity index (χ0v) is 8.41. The van der Waals surface area contributed by atoms with Crippen molar-refractivity contribution in [3.63, 3.8) is 0 Å². The zero-order valence-electron chi connectivity index (χ0n) is 8.41. The summed E-state index contributed by atoms with van der Waals surface area (Å²) in [7, 11) is 3.18. The summed E-state index contributed by atoms with van der Waals surface area (Å²) in [5.41, 5.74) is 0.817. The van der Waals surface area contributed by atoms with Gasteiger partial charge in [-0.1, -0.05) is 0 Å². The van der Waals surface area contributed by atoms with Crippen LogP contribution in [0.25, 0.3) is 5.69 Å². The predicted octanol–water partition coefficient (Wildman–Crippen LogP) is 0.679. The van der Waals surface area contributed by atoms with E-state index in [1.54, 1.807) is 31.0 Å². The highest BCUT2D eigenvalue weighted by atomic mass is 16.5. The fourth-order valence-electron chi connectivity index (χ4n) is 1.25. The quantitative estimate of drug-likeness (QED) is 0.739. The van der Waals surface area contributed by atoms with Gasteiger partial charge in [0, 0.05) is 6.07 Å². The molecule has 0 aliphatic heterocycles. The van der Waals surface area contributed by atoms with Crippen molar-refractivity contribution in [2.24, 2.45) is 0 Å². The minimum Gasteiger partial charge on any atom is -0.493 e. The molecule has 1 heterocycles. The average Bonchev–Trinajstić information content (AvgIpc) is 2.81. The lowest BCUT2D eigenvalue weighted by Crippen LogP contribution is -1.97. The monoisotopic (exact) mass is 206 g/mol. The van der Waals surface area contributed by atoms with E-state index in [1.165, 1.54) is 6.33 Å². The molecule has 0 aliphatic carbocycles. The Morgan fingerprint density at radius 2 is 1.93 bits per heavy atom. The maximum absolute atomic E-state index is 5.17. The van der Waals surface area contributed by atoms with Gasteiger partial charge in [-0.25, -0.2) is 4.68 Å². The van der Waals surface area contributed by atoms with Crippen LogP contribution in [0.3, 0.4) is 0 Å². The molecule has 0 saturated carbocycles. The molecule has 0 fully saturated rings. The molecule has 78 valence electrons. The minimum absolute atomic E-state index is 0.644. The van der Waals surface area contributed by atoms with Crippen LogP contribution in [0.5, 0.6) is 11.5 Å². The van der Waals surface area contributed by atoms with Crippen LogP contribution >= 0.6 is 0 Å². The Morgan fingerprint density at radius 3 is 2.53 bits per heavy atom. The molecule has 0 unspecified atom stereocenters. The fraction of sp³-hybridized carbons (Fsp3) is 0.222. The first-order chi connectivity index (χ1) is 7.35. The van der Waals surface area contributed by atoms with E-state index in [4.69, 9.17) is 9.47 Å². The molecule has 0 N–H and O–H groups in total. The van der Waals surface area contributed by atoms with Crippen molar-refractivity contribution in [1.82, 2.24) is 20.2 Å². The normalized spacial score (nSPS) is 10.0. The van der Waals surface area contributed by atoms with Gasteiger partial charge >= 0.3 is 0 Å². The number of tetrazole rings is 1. The summed E-state index contributed by atoms with van der Waals surface area (Å²) >= 11 is 0. The number of rotatable bonds is 3. The Balaban J connectivity index is 2.43. The van der Waals surface area contributed by atoms with Crippen molar-refractivity contribution in [3.8, 4) is 17.2 Å². The van der Waals surface area contributed by atoms with Gasteiger partial charge in [-0.05, 0) is 22.6 Å². The second-order valence-electron chi connectivity index (χ2n) is 2.79. The van der Waals surface area contributed by atoms with Crippen molar-refractivity contribution < 1.29 is 9.47 Å². The fourth-order valence-corrected chi connectivity index (χ4v) is 1.25. The summed E-state index contributed by atoms with van der Waals surface area (Å²) in [6, 6.07) is 5.45. The van der Waals surface area contributed by atoms with E-state index >= 15 is 0 Å². The summed E-state index contributed by atoms with van der Waals surface area (Å²) in [5, 5.41) is 10.9. The van der Waals surface area contributed by atoms with Crippen LogP contribution in [-0.4, -0.2) is 34.4 Å². The standard InChI is InChI=1S/C9H10N4O2/c1-14-8-4-3-7(5-9(8)15-2)13-6-10-11-12-13/h3-6H,1-2H3. The summed E-state index contributed by atoms with van der Waals surface area (Å²) in [6.07, 6.45) is 1.52. The van der Waals surface area contributed by atoms with E-state index in [0.717, 1.165) is 5.69 Å². The number of hydrogen-bond donors (Lipinski definition) is 0. The van der Waals surface area contributed by atoms with E-state index < -0.39 is 0 Å². The molecule has 6 heteroatoms. The van der Waals surface area contributed by atoms with Crippen molar-refractivity contribution in [3.05, 3.63) is 24.5 Å². The van der Waals surface area contributed by atoms with Gasteiger partial charge in [-0.15, -0.1) is 5.10 Å². The van der Waals surface area contributed by atoms with Gasteiger partial charge in [0.05, 0.1) is 19.9 Å². The largest absolute Gasteiger partial charge is 0.493 e. The average molecular weight is 206 g/mol. The topological polar surface area (TPSA) is 62.1 Å². The third-order valence-electron chi connectivity index (χ3n) is 1.98. The van der Waals surface area contributed by atoms with Gasteiger partial charge in [0.2, 0.25) is 0 Å². The van der Waals surface area contributed by atoms with Crippen LogP contribution in [0.4, 0.5) is 0 Å². The number of hydrogen-bond acceptors (Lipinski definition) is 5. The molecule has 0 spiro atoms. The summed E-state index contributed by atoms with van der Waals surface area (Å²) in [5.74, 6) is 1.32. The first-order valence-corrected chi connectivity index (χ1v) is 4.30. The first kappa shape index (κ1) is 9.45. The van der Waals surface area contributed by atoms with Crippen LogP contribution in [0.15, 0.2) is 24.5 Å². The molecule has 0 atom stereocenters. The highest BCUT2D eigenvalue weighted by Crippen LogP contribution is 2.28. The molecule has 0 amide bonds. The second kappa shape index (κ2) is 3.95. The summed E-state index contributed by atoms with van der Waals surface area (Å²) < 4.78 is 11.8. The van der Waals surface area contributed by atoms with Crippen LogP contribution < -0.4 is 9.47 Å². The van der Waals surface area contributed by atoms with Gasteiger partial charge in [0.15, 0.2) is 11.5 Å². The van der Waals surface area contributed by atoms with Crippen LogP contribution in [-0.2, 0) is 0 Å². The smallest absolute Gasteiger partial charge is 0.162 e. The molecule has 2 aromatic rings. The molecule has 1 aromatic carbocycles. The maximum atomic E-state index is 5.17. The molecule has 2 rings (SSSR count). The molecular formula is C9H10N4O2. The number of benzene rings is 1. The number of nitrogens with zero attached hydrogens (tertiary/aromatic N) is 4. The van der Waals surface area contributed by atoms with E-state index in [-0.39, 0.29) is 0 Å². The lowest BCUT2D eigenvalue weighted by atomic mass is 10.3. The third-order valence-corrected chi connectivity index (χ3v) is 1.98. The Morgan fingerprint density at radius 1 is 1.13 bits per heavy atom. The molecule has 15 heavy (non-hydrogen) atoms. The van der Waals surface area contributed by atoms with E-state index in [2.05, 4.69) is 15.5 Å². The third kappa shape index (κ3) is 1.74. The molecule has 6 nitrogen and oxygen atoms in total. The highest BCUT2D eigenvalue weighted by Gasteiger charge is 2.05. The zero-order chi connectivity index (χ0) is 10.7. The minimum atomic E-state index is 0.644. The first-order valence-electron chi connectivity index (χ1n) is 4.30. The molecule has 0 bridgehead atoms. The lowest BCUT2D eigenvalue weighted by Gasteiger charge is -2.08. The summed E-state index contributed by atoms with van der Waals surface area (Å²) in [6.45, 7) is 0. The molecular weight excluding hydrogens is 196 g/mol. The van der Waals surface area contributed by atoms with Crippen molar-refractivity contribution >= 4 is 0 Å². The Bertz CT molecular complexity index is 441. The molecule has 1 aromatic heterocycles. The molecule has 0 aliphatic rings. The Labute approximate surface area is 86.4 Å². The van der Waals surface area contributed by atoms with Gasteiger partial charge in [-0.2, -0.15) is 0 Å². The van der Waals surface area contributed by atoms with Crippen molar-refractivity contribution in [2.75, 3.05) is 14.2 Å². The van der Waals surface area contributed by atoms with E-state index in [1.807, 2.05) is 6.07 Å². The van der Waals surface area contributed by atoms with Crippen LogP contribution in [0, 0.1) is 0 Å². The summed E-state index contributed by atoms with van der Waals surface area (Å²) in [4.78, 5) is 0. The van der Waals surface area contributed by atoms with Gasteiger partial charge in [-0.3, -0.25) is 0 Å². The lowest BCUT2D eigenvalue weighted by molar-refractivity contribution is 0.354. The van der Waals surface area contributed by atoms with Crippen molar-refractivity contribution in [1.29, 1.82) is 0 Å². The molecule has 0 radical (unpaired) electrons. The Kier molecular flexibility index (Phi) is 2.49. The highest BCUT2D eigenvalue weighted by molar-refractivity contribution is 5.48. The number of ether oxygens (including phenoxy) is 2. The predicted molar refractivity (Wildman–Crippen MR) is 52.3 cm³/mol. The SMILES string of the molecule is COc1ccc(-n2cnnn2)cc1OC. The van der Waals surface area contributed by atoms with Crippen LogP contribution in [0.1, 0.15) is 0 Å². The van der Waals surface area contributed by atoms with E-state index in [9.17, 15) is 0 Å². The Hall–Kier alpha value is -2.11.